The first kappa shape index (κ1) is 15.6. The van der Waals surface area contributed by atoms with Crippen molar-refractivity contribution in [2.24, 2.45) is 17.8 Å². The fourth-order valence-electron chi connectivity index (χ4n) is 4.79. The molecule has 2 heteroatoms. The largest absolute Gasteiger partial charge is 0.314 e. The van der Waals surface area contributed by atoms with Gasteiger partial charge in [0.15, 0.2) is 0 Å². The lowest BCUT2D eigenvalue weighted by molar-refractivity contribution is 0.108. The zero-order chi connectivity index (χ0) is 14.5. The molecule has 0 aromatic carbocycles. The van der Waals surface area contributed by atoms with Crippen LogP contribution in [0.4, 0.5) is 0 Å². The molecular formula is C19H31NS. The molecule has 2 fully saturated rings. The van der Waals surface area contributed by atoms with Gasteiger partial charge in [0.1, 0.15) is 0 Å². The minimum Gasteiger partial charge on any atom is -0.314 e. The minimum atomic E-state index is 0.750. The zero-order valence-electron chi connectivity index (χ0n) is 13.5. The maximum Gasteiger partial charge on any atom is 0.00987 e. The fraction of sp³-hybridized carbons (Fsp3) is 0.789. The van der Waals surface area contributed by atoms with Crippen molar-refractivity contribution < 1.29 is 0 Å². The van der Waals surface area contributed by atoms with E-state index in [1.54, 1.807) is 4.88 Å². The van der Waals surface area contributed by atoms with E-state index in [0.29, 0.717) is 0 Å². The second kappa shape index (κ2) is 7.78. The highest BCUT2D eigenvalue weighted by Gasteiger charge is 2.34. The summed E-state index contributed by atoms with van der Waals surface area (Å²) in [5.41, 5.74) is 0. The molecule has 2 saturated carbocycles. The minimum absolute atomic E-state index is 0.750. The maximum atomic E-state index is 3.81. The van der Waals surface area contributed by atoms with Gasteiger partial charge in [-0.15, -0.1) is 11.3 Å². The monoisotopic (exact) mass is 305 g/mol. The molecule has 1 N–H and O–H groups in total. The number of rotatable bonds is 6. The van der Waals surface area contributed by atoms with Crippen LogP contribution in [0.5, 0.6) is 0 Å². The van der Waals surface area contributed by atoms with Crippen LogP contribution in [0.1, 0.15) is 63.2 Å². The molecule has 0 bridgehead atoms. The molecule has 1 aromatic heterocycles. The van der Waals surface area contributed by atoms with Crippen LogP contribution in [0.2, 0.25) is 0 Å². The predicted molar refractivity (Wildman–Crippen MR) is 92.9 cm³/mol. The highest BCUT2D eigenvalue weighted by atomic mass is 32.1. The van der Waals surface area contributed by atoms with Crippen LogP contribution in [0, 0.1) is 17.8 Å². The van der Waals surface area contributed by atoms with Crippen LogP contribution in [-0.4, -0.2) is 12.6 Å². The average Bonchev–Trinajstić information content (AvgIpc) is 3.04. The van der Waals surface area contributed by atoms with Gasteiger partial charge in [-0.2, -0.15) is 0 Å². The summed E-state index contributed by atoms with van der Waals surface area (Å²) in [4.78, 5) is 1.56. The van der Waals surface area contributed by atoms with Gasteiger partial charge in [0.25, 0.3) is 0 Å². The first-order chi connectivity index (χ1) is 10.4. The van der Waals surface area contributed by atoms with Crippen LogP contribution in [-0.2, 0) is 6.42 Å². The van der Waals surface area contributed by atoms with E-state index < -0.39 is 0 Å². The smallest absolute Gasteiger partial charge is 0.00987 e. The van der Waals surface area contributed by atoms with Gasteiger partial charge in [-0.3, -0.25) is 0 Å². The van der Waals surface area contributed by atoms with Gasteiger partial charge >= 0.3 is 0 Å². The van der Waals surface area contributed by atoms with Crippen molar-refractivity contribution in [3.8, 4) is 0 Å². The molecule has 0 amide bonds. The summed E-state index contributed by atoms with van der Waals surface area (Å²) in [6.45, 7) is 3.39. The van der Waals surface area contributed by atoms with Crippen LogP contribution < -0.4 is 5.32 Å². The third kappa shape index (κ3) is 4.10. The zero-order valence-corrected chi connectivity index (χ0v) is 14.3. The van der Waals surface area contributed by atoms with Gasteiger partial charge in [-0.05, 0) is 67.8 Å². The lowest BCUT2D eigenvalue weighted by atomic mass is 9.65. The van der Waals surface area contributed by atoms with Crippen LogP contribution in [0.3, 0.4) is 0 Å². The van der Waals surface area contributed by atoms with E-state index in [0.717, 1.165) is 30.3 Å². The summed E-state index contributed by atoms with van der Waals surface area (Å²) >= 11 is 1.92. The Morgan fingerprint density at radius 3 is 2.81 bits per heavy atom. The normalized spacial score (nSPS) is 30.8. The first-order valence-electron chi connectivity index (χ1n) is 9.12. The SMILES string of the molecule is CCNC(CCc1cccs1)C1CCC2CCCCC2C1. The molecule has 118 valence electrons. The van der Waals surface area contributed by atoms with E-state index in [2.05, 4.69) is 29.8 Å². The van der Waals surface area contributed by atoms with E-state index in [1.165, 1.54) is 57.8 Å². The van der Waals surface area contributed by atoms with E-state index in [4.69, 9.17) is 0 Å². The van der Waals surface area contributed by atoms with Gasteiger partial charge < -0.3 is 5.32 Å². The molecule has 0 spiro atoms. The summed E-state index contributed by atoms with van der Waals surface area (Å²) in [5.74, 6) is 3.07. The molecule has 1 heterocycles. The first-order valence-corrected chi connectivity index (χ1v) is 10.0. The Hall–Kier alpha value is -0.340. The average molecular weight is 306 g/mol. The molecule has 1 nitrogen and oxygen atoms in total. The molecule has 0 aliphatic heterocycles. The lowest BCUT2D eigenvalue weighted by Crippen LogP contribution is -2.41. The maximum absolute atomic E-state index is 3.81. The van der Waals surface area contributed by atoms with Crippen molar-refractivity contribution in [1.29, 1.82) is 0 Å². The molecule has 4 unspecified atom stereocenters. The van der Waals surface area contributed by atoms with Crippen molar-refractivity contribution >= 4 is 11.3 Å². The summed E-state index contributed by atoms with van der Waals surface area (Å²) < 4.78 is 0. The number of thiophene rings is 1. The summed E-state index contributed by atoms with van der Waals surface area (Å²) in [6.07, 6.45) is 13.1. The number of fused-ring (bicyclic) bond motifs is 1. The Bertz CT molecular complexity index is 400. The van der Waals surface area contributed by atoms with Gasteiger partial charge in [0.2, 0.25) is 0 Å². The predicted octanol–water partition coefficient (Wildman–Crippen LogP) is 5.27. The molecule has 4 atom stereocenters. The third-order valence-corrected chi connectivity index (χ3v) is 6.83. The van der Waals surface area contributed by atoms with Crippen LogP contribution in [0.25, 0.3) is 0 Å². The summed E-state index contributed by atoms with van der Waals surface area (Å²) in [5, 5.41) is 6.03. The van der Waals surface area contributed by atoms with E-state index in [9.17, 15) is 0 Å². The molecule has 21 heavy (non-hydrogen) atoms. The van der Waals surface area contributed by atoms with Crippen molar-refractivity contribution in [3.05, 3.63) is 22.4 Å². The Morgan fingerprint density at radius 1 is 1.19 bits per heavy atom. The number of nitrogens with one attached hydrogen (secondary N) is 1. The fourth-order valence-corrected chi connectivity index (χ4v) is 5.52. The van der Waals surface area contributed by atoms with Crippen molar-refractivity contribution in [1.82, 2.24) is 5.32 Å². The van der Waals surface area contributed by atoms with Gasteiger partial charge in [0.05, 0.1) is 0 Å². The highest BCUT2D eigenvalue weighted by molar-refractivity contribution is 7.09. The van der Waals surface area contributed by atoms with E-state index in [1.807, 2.05) is 11.3 Å². The molecule has 0 saturated heterocycles. The Balaban J connectivity index is 1.55. The number of aryl methyl sites for hydroxylation is 1. The Morgan fingerprint density at radius 2 is 2.05 bits per heavy atom. The number of hydrogen-bond acceptors (Lipinski definition) is 2. The van der Waals surface area contributed by atoms with Crippen molar-refractivity contribution in [2.45, 2.75) is 70.8 Å². The molecule has 0 radical (unpaired) electrons. The molecular weight excluding hydrogens is 274 g/mol. The molecule has 2 aliphatic carbocycles. The lowest BCUT2D eigenvalue weighted by Gasteiger charge is -2.42. The third-order valence-electron chi connectivity index (χ3n) is 5.90. The Labute approximate surface area is 134 Å². The van der Waals surface area contributed by atoms with Gasteiger partial charge in [0, 0.05) is 10.9 Å². The Kier molecular flexibility index (Phi) is 5.76. The summed E-state index contributed by atoms with van der Waals surface area (Å²) in [6, 6.07) is 5.24. The standard InChI is InChI=1S/C19H31NS/c1-2-20-19(12-11-18-8-5-13-21-18)17-10-9-15-6-3-4-7-16(15)14-17/h5,8,13,15-17,19-20H,2-4,6-7,9-12,14H2,1H3. The second-order valence-electron chi connectivity index (χ2n) is 7.16. The van der Waals surface area contributed by atoms with E-state index in [-0.39, 0.29) is 0 Å². The quantitative estimate of drug-likeness (QED) is 0.755. The topological polar surface area (TPSA) is 12.0 Å². The van der Waals surface area contributed by atoms with Crippen molar-refractivity contribution in [3.63, 3.8) is 0 Å². The molecule has 1 aromatic rings. The molecule has 3 rings (SSSR count). The number of hydrogen-bond donors (Lipinski definition) is 1. The van der Waals surface area contributed by atoms with E-state index >= 15 is 0 Å². The molecule has 2 aliphatic rings. The van der Waals surface area contributed by atoms with Crippen molar-refractivity contribution in [2.75, 3.05) is 6.54 Å². The second-order valence-corrected chi connectivity index (χ2v) is 8.19. The summed E-state index contributed by atoms with van der Waals surface area (Å²) in [7, 11) is 0. The van der Waals surface area contributed by atoms with Gasteiger partial charge in [-0.25, -0.2) is 0 Å². The highest BCUT2D eigenvalue weighted by Crippen LogP contribution is 2.44. The van der Waals surface area contributed by atoms with Crippen LogP contribution in [0.15, 0.2) is 17.5 Å². The van der Waals surface area contributed by atoms with Gasteiger partial charge in [-0.1, -0.05) is 38.7 Å². The van der Waals surface area contributed by atoms with Crippen LogP contribution >= 0.6 is 11.3 Å².